The van der Waals surface area contributed by atoms with Crippen molar-refractivity contribution in [1.29, 1.82) is 0 Å². The van der Waals surface area contributed by atoms with Crippen LogP contribution in [0.5, 0.6) is 0 Å². The van der Waals surface area contributed by atoms with Crippen molar-refractivity contribution in [2.45, 2.75) is 32.5 Å². The van der Waals surface area contributed by atoms with Crippen LogP contribution in [0.2, 0.25) is 0 Å². The molecule has 114 valence electrons. The Morgan fingerprint density at radius 2 is 2.10 bits per heavy atom. The van der Waals surface area contributed by atoms with E-state index in [0.29, 0.717) is 19.7 Å². The minimum atomic E-state index is -0.517. The maximum Gasteiger partial charge on any atom is 0.251 e. The Kier molecular flexibility index (Phi) is 5.33. The predicted molar refractivity (Wildman–Crippen MR) is 79.2 cm³/mol. The normalized spacial score (nSPS) is 20.0. The lowest BCUT2D eigenvalue weighted by Gasteiger charge is -2.32. The molecule has 1 aromatic carbocycles. The highest BCUT2D eigenvalue weighted by Crippen LogP contribution is 2.17. The maximum atomic E-state index is 12.3. The third-order valence-electron chi connectivity index (χ3n) is 3.83. The lowest BCUT2D eigenvalue weighted by Crippen LogP contribution is -2.47. The van der Waals surface area contributed by atoms with Crippen LogP contribution >= 0.6 is 0 Å². The molecule has 1 aliphatic rings. The Morgan fingerprint density at radius 3 is 2.76 bits per heavy atom. The van der Waals surface area contributed by atoms with Gasteiger partial charge in [-0.3, -0.25) is 9.59 Å². The summed E-state index contributed by atoms with van der Waals surface area (Å²) in [5.41, 5.74) is 6.37. The molecule has 2 atom stereocenters. The van der Waals surface area contributed by atoms with Gasteiger partial charge < -0.3 is 15.4 Å². The van der Waals surface area contributed by atoms with Gasteiger partial charge in [-0.15, -0.1) is 0 Å². The number of carbonyl (C=O) groups excluding carboxylic acids is 2. The first-order valence-corrected chi connectivity index (χ1v) is 7.31. The van der Waals surface area contributed by atoms with Crippen molar-refractivity contribution in [3.05, 3.63) is 35.9 Å². The molecule has 5 heteroatoms. The van der Waals surface area contributed by atoms with E-state index in [0.717, 1.165) is 18.4 Å². The molecule has 0 bridgehead atoms. The highest BCUT2D eigenvalue weighted by molar-refractivity contribution is 5.82. The summed E-state index contributed by atoms with van der Waals surface area (Å²) in [6.45, 7) is 3.23. The fourth-order valence-electron chi connectivity index (χ4n) is 2.53. The summed E-state index contributed by atoms with van der Waals surface area (Å²) in [7, 11) is 0. The second-order valence-corrected chi connectivity index (χ2v) is 5.46. The summed E-state index contributed by atoms with van der Waals surface area (Å²) >= 11 is 0. The first-order valence-electron chi connectivity index (χ1n) is 7.31. The number of piperidine rings is 1. The van der Waals surface area contributed by atoms with E-state index in [1.807, 2.05) is 30.3 Å². The summed E-state index contributed by atoms with van der Waals surface area (Å²) in [6.07, 6.45) is 1.06. The lowest BCUT2D eigenvalue weighted by molar-refractivity contribution is -0.146. The molecular weight excluding hydrogens is 268 g/mol. The highest BCUT2D eigenvalue weighted by atomic mass is 16.5. The molecule has 1 aliphatic heterocycles. The number of ether oxygens (including phenoxy) is 1. The Hall–Kier alpha value is -1.88. The van der Waals surface area contributed by atoms with Gasteiger partial charge in [-0.25, -0.2) is 0 Å². The van der Waals surface area contributed by atoms with Crippen LogP contribution in [0.25, 0.3) is 0 Å². The van der Waals surface area contributed by atoms with Crippen molar-refractivity contribution in [2.24, 2.45) is 11.7 Å². The highest BCUT2D eigenvalue weighted by Gasteiger charge is 2.29. The number of likely N-dealkylation sites (tertiary alicyclic amines) is 1. The van der Waals surface area contributed by atoms with Gasteiger partial charge in [0.2, 0.25) is 5.91 Å². The molecule has 1 aromatic rings. The molecule has 1 heterocycles. The lowest BCUT2D eigenvalue weighted by atomic mass is 9.97. The Labute approximate surface area is 125 Å². The molecule has 0 saturated carbocycles. The number of amides is 2. The topological polar surface area (TPSA) is 72.6 Å². The van der Waals surface area contributed by atoms with Gasteiger partial charge in [0.15, 0.2) is 0 Å². The van der Waals surface area contributed by atoms with Crippen LogP contribution in [0.4, 0.5) is 0 Å². The Balaban J connectivity index is 1.85. The summed E-state index contributed by atoms with van der Waals surface area (Å²) in [6, 6.07) is 9.73. The first-order chi connectivity index (χ1) is 10.1. The van der Waals surface area contributed by atoms with Crippen molar-refractivity contribution >= 4 is 11.8 Å². The number of nitrogens with zero attached hydrogens (tertiary/aromatic N) is 1. The molecule has 2 amide bonds. The average Bonchev–Trinajstić information content (AvgIpc) is 2.53. The van der Waals surface area contributed by atoms with Gasteiger partial charge in [-0.05, 0) is 25.3 Å². The zero-order valence-corrected chi connectivity index (χ0v) is 12.3. The average molecular weight is 290 g/mol. The minimum absolute atomic E-state index is 0.0723. The van der Waals surface area contributed by atoms with E-state index in [4.69, 9.17) is 10.5 Å². The van der Waals surface area contributed by atoms with Crippen molar-refractivity contribution in [1.82, 2.24) is 4.90 Å². The minimum Gasteiger partial charge on any atom is -0.369 e. The second kappa shape index (κ2) is 7.22. The molecule has 1 saturated heterocycles. The first kappa shape index (κ1) is 15.5. The zero-order chi connectivity index (χ0) is 15.2. The standard InChI is InChI=1S/C16H22N2O3/c1-12(21-11-13-6-3-2-4-7-13)16(20)18-9-5-8-14(10-18)15(17)19/h2-4,6-7,12,14H,5,8-11H2,1H3,(H2,17,19). The third kappa shape index (κ3) is 4.29. The SMILES string of the molecule is CC(OCc1ccccc1)C(=O)N1CCCC(C(N)=O)C1. The van der Waals surface area contributed by atoms with E-state index < -0.39 is 6.10 Å². The molecule has 21 heavy (non-hydrogen) atoms. The molecule has 0 aromatic heterocycles. The summed E-state index contributed by atoms with van der Waals surface area (Å²) in [4.78, 5) is 25.3. The van der Waals surface area contributed by atoms with Gasteiger partial charge in [-0.1, -0.05) is 30.3 Å². The molecule has 2 N–H and O–H groups in total. The fraction of sp³-hybridized carbons (Fsp3) is 0.500. The van der Waals surface area contributed by atoms with Crippen LogP contribution in [0.1, 0.15) is 25.3 Å². The van der Waals surface area contributed by atoms with Gasteiger partial charge in [-0.2, -0.15) is 0 Å². The molecule has 2 unspecified atom stereocenters. The number of primary amides is 1. The number of nitrogens with two attached hydrogens (primary N) is 1. The quantitative estimate of drug-likeness (QED) is 0.888. The second-order valence-electron chi connectivity index (χ2n) is 5.46. The van der Waals surface area contributed by atoms with Crippen molar-refractivity contribution in [2.75, 3.05) is 13.1 Å². The molecule has 0 spiro atoms. The van der Waals surface area contributed by atoms with Crippen LogP contribution in [0, 0.1) is 5.92 Å². The number of rotatable bonds is 5. The summed E-state index contributed by atoms with van der Waals surface area (Å²) < 4.78 is 5.63. The molecule has 5 nitrogen and oxygen atoms in total. The number of hydrogen-bond donors (Lipinski definition) is 1. The van der Waals surface area contributed by atoms with Crippen LogP contribution in [-0.4, -0.2) is 35.9 Å². The molecular formula is C16H22N2O3. The van der Waals surface area contributed by atoms with Gasteiger partial charge in [0.1, 0.15) is 6.10 Å². The van der Waals surface area contributed by atoms with E-state index >= 15 is 0 Å². The van der Waals surface area contributed by atoms with Crippen molar-refractivity contribution < 1.29 is 14.3 Å². The van der Waals surface area contributed by atoms with Gasteiger partial charge in [0.05, 0.1) is 12.5 Å². The maximum absolute atomic E-state index is 12.3. The molecule has 0 aliphatic carbocycles. The number of benzene rings is 1. The number of carbonyl (C=O) groups is 2. The van der Waals surface area contributed by atoms with Crippen LogP contribution in [0.15, 0.2) is 30.3 Å². The summed E-state index contributed by atoms with van der Waals surface area (Å²) in [5.74, 6) is -0.633. The fourth-order valence-corrected chi connectivity index (χ4v) is 2.53. The van der Waals surface area contributed by atoms with Crippen molar-refractivity contribution in [3.8, 4) is 0 Å². The van der Waals surface area contributed by atoms with E-state index in [2.05, 4.69) is 0 Å². The van der Waals surface area contributed by atoms with Crippen molar-refractivity contribution in [3.63, 3.8) is 0 Å². The molecule has 1 fully saturated rings. The van der Waals surface area contributed by atoms with E-state index in [1.165, 1.54) is 0 Å². The monoisotopic (exact) mass is 290 g/mol. The van der Waals surface area contributed by atoms with E-state index in [9.17, 15) is 9.59 Å². The van der Waals surface area contributed by atoms with Gasteiger partial charge in [0, 0.05) is 13.1 Å². The predicted octanol–water partition coefficient (Wildman–Crippen LogP) is 1.32. The van der Waals surface area contributed by atoms with E-state index in [-0.39, 0.29) is 17.7 Å². The third-order valence-corrected chi connectivity index (χ3v) is 3.83. The van der Waals surface area contributed by atoms with Crippen LogP contribution in [-0.2, 0) is 20.9 Å². The Morgan fingerprint density at radius 1 is 1.38 bits per heavy atom. The van der Waals surface area contributed by atoms with Gasteiger partial charge in [0.25, 0.3) is 5.91 Å². The van der Waals surface area contributed by atoms with Crippen LogP contribution in [0.3, 0.4) is 0 Å². The smallest absolute Gasteiger partial charge is 0.251 e. The zero-order valence-electron chi connectivity index (χ0n) is 12.3. The van der Waals surface area contributed by atoms with E-state index in [1.54, 1.807) is 11.8 Å². The Bertz CT molecular complexity index is 490. The number of hydrogen-bond acceptors (Lipinski definition) is 3. The largest absolute Gasteiger partial charge is 0.369 e. The van der Waals surface area contributed by atoms with Crippen LogP contribution < -0.4 is 5.73 Å². The molecule has 2 rings (SSSR count). The molecule has 0 radical (unpaired) electrons. The summed E-state index contributed by atoms with van der Waals surface area (Å²) in [5, 5.41) is 0. The van der Waals surface area contributed by atoms with Gasteiger partial charge >= 0.3 is 0 Å².